The Labute approximate surface area is 76.7 Å². The molecule has 0 saturated carbocycles. The molecule has 76 valence electrons. The third kappa shape index (κ3) is 1.53. The quantitative estimate of drug-likeness (QED) is 0.553. The van der Waals surface area contributed by atoms with Crippen LogP contribution in [0.25, 0.3) is 0 Å². The second-order valence-electron chi connectivity index (χ2n) is 2.41. The van der Waals surface area contributed by atoms with Crippen molar-refractivity contribution in [3.63, 3.8) is 0 Å². The standard InChI is InChI=1S/C6H6F2N4O2/c7-6(8)5-4(10)3(9)2(1-11-5)12(13)14/h1,6H,10H2,(H2,9,11). The molecule has 0 radical (unpaired) electrons. The van der Waals surface area contributed by atoms with Gasteiger partial charge in [-0.2, -0.15) is 0 Å². The predicted molar refractivity (Wildman–Crippen MR) is 44.7 cm³/mol. The minimum Gasteiger partial charge on any atom is -0.395 e. The lowest BCUT2D eigenvalue weighted by molar-refractivity contribution is -0.384. The second-order valence-corrected chi connectivity index (χ2v) is 2.41. The first-order chi connectivity index (χ1) is 6.45. The van der Waals surface area contributed by atoms with E-state index < -0.39 is 34.1 Å². The average molecular weight is 204 g/mol. The summed E-state index contributed by atoms with van der Waals surface area (Å²) in [5, 5.41) is 10.3. The van der Waals surface area contributed by atoms with E-state index in [1.165, 1.54) is 0 Å². The van der Waals surface area contributed by atoms with E-state index in [0.29, 0.717) is 6.20 Å². The summed E-state index contributed by atoms with van der Waals surface area (Å²) in [6.07, 6.45) is -2.24. The topological polar surface area (TPSA) is 108 Å². The van der Waals surface area contributed by atoms with E-state index in [1.54, 1.807) is 0 Å². The van der Waals surface area contributed by atoms with Gasteiger partial charge in [0.25, 0.3) is 6.43 Å². The first-order valence-electron chi connectivity index (χ1n) is 3.41. The minimum atomic E-state index is -2.90. The molecule has 0 amide bonds. The van der Waals surface area contributed by atoms with Crippen molar-refractivity contribution in [3.8, 4) is 0 Å². The molecule has 0 bridgehead atoms. The SMILES string of the molecule is Nc1c([N+](=O)[O-])cnc(C(F)F)c1N. The summed E-state index contributed by atoms with van der Waals surface area (Å²) in [4.78, 5) is 12.6. The van der Waals surface area contributed by atoms with Gasteiger partial charge in [0.15, 0.2) is 0 Å². The molecule has 0 unspecified atom stereocenters. The summed E-state index contributed by atoms with van der Waals surface area (Å²) in [5.74, 6) is 0. The van der Waals surface area contributed by atoms with Crippen LogP contribution in [0.4, 0.5) is 25.8 Å². The van der Waals surface area contributed by atoms with Crippen molar-refractivity contribution in [1.82, 2.24) is 4.98 Å². The van der Waals surface area contributed by atoms with Gasteiger partial charge in [0, 0.05) is 0 Å². The van der Waals surface area contributed by atoms with Crippen LogP contribution in [0.1, 0.15) is 12.1 Å². The second kappa shape index (κ2) is 3.40. The highest BCUT2D eigenvalue weighted by molar-refractivity contribution is 5.75. The third-order valence-electron chi connectivity index (χ3n) is 1.57. The van der Waals surface area contributed by atoms with Gasteiger partial charge in [-0.25, -0.2) is 13.8 Å². The number of aromatic nitrogens is 1. The number of rotatable bonds is 2. The summed E-state index contributed by atoms with van der Waals surface area (Å²) in [7, 11) is 0. The molecule has 0 aromatic carbocycles. The van der Waals surface area contributed by atoms with Crippen molar-refractivity contribution in [2.24, 2.45) is 0 Å². The lowest BCUT2D eigenvalue weighted by atomic mass is 10.2. The maximum absolute atomic E-state index is 12.2. The largest absolute Gasteiger partial charge is 0.395 e. The number of hydrogen-bond donors (Lipinski definition) is 2. The van der Waals surface area contributed by atoms with Gasteiger partial charge in [-0.1, -0.05) is 0 Å². The molecule has 8 heteroatoms. The normalized spacial score (nSPS) is 10.5. The Kier molecular flexibility index (Phi) is 2.45. The van der Waals surface area contributed by atoms with Crippen molar-refractivity contribution in [3.05, 3.63) is 22.0 Å². The Bertz CT molecular complexity index is 382. The zero-order valence-corrected chi connectivity index (χ0v) is 6.78. The molecule has 1 rings (SSSR count). The Balaban J connectivity index is 3.33. The minimum absolute atomic E-state index is 0.486. The number of nitrogens with zero attached hydrogens (tertiary/aromatic N) is 2. The predicted octanol–water partition coefficient (Wildman–Crippen LogP) is 1.09. The summed E-state index contributed by atoms with van der Waals surface area (Å²) in [5.41, 5.74) is 7.98. The highest BCUT2D eigenvalue weighted by Crippen LogP contribution is 2.32. The Hall–Kier alpha value is -1.99. The lowest BCUT2D eigenvalue weighted by Gasteiger charge is -2.05. The van der Waals surface area contributed by atoms with Crippen LogP contribution in [0, 0.1) is 10.1 Å². The number of pyridine rings is 1. The Morgan fingerprint density at radius 2 is 2.00 bits per heavy atom. The monoisotopic (exact) mass is 204 g/mol. The fraction of sp³-hybridized carbons (Fsp3) is 0.167. The molecular weight excluding hydrogens is 198 g/mol. The van der Waals surface area contributed by atoms with Crippen LogP contribution in [0.3, 0.4) is 0 Å². The van der Waals surface area contributed by atoms with Crippen molar-refractivity contribution < 1.29 is 13.7 Å². The van der Waals surface area contributed by atoms with Crippen LogP contribution in [-0.4, -0.2) is 9.91 Å². The third-order valence-corrected chi connectivity index (χ3v) is 1.57. The summed E-state index contributed by atoms with van der Waals surface area (Å²) in [6, 6.07) is 0. The number of halogens is 2. The molecule has 0 aliphatic heterocycles. The number of nitrogen functional groups attached to an aromatic ring is 2. The highest BCUT2D eigenvalue weighted by atomic mass is 19.3. The van der Waals surface area contributed by atoms with E-state index >= 15 is 0 Å². The van der Waals surface area contributed by atoms with Crippen LogP contribution in [0.2, 0.25) is 0 Å². The van der Waals surface area contributed by atoms with Crippen molar-refractivity contribution in [2.75, 3.05) is 11.5 Å². The number of anilines is 2. The molecule has 0 aliphatic rings. The Morgan fingerprint density at radius 1 is 1.43 bits per heavy atom. The van der Waals surface area contributed by atoms with Gasteiger partial charge in [-0.15, -0.1) is 0 Å². The van der Waals surface area contributed by atoms with Gasteiger partial charge in [0.2, 0.25) is 0 Å². The van der Waals surface area contributed by atoms with E-state index in [4.69, 9.17) is 11.5 Å². The number of nitrogens with two attached hydrogens (primary N) is 2. The first kappa shape index (κ1) is 10.1. The lowest BCUT2D eigenvalue weighted by Crippen LogP contribution is -2.06. The number of hydrogen-bond acceptors (Lipinski definition) is 5. The molecule has 0 spiro atoms. The molecule has 1 aromatic heterocycles. The highest BCUT2D eigenvalue weighted by Gasteiger charge is 2.22. The van der Waals surface area contributed by atoms with E-state index in [0.717, 1.165) is 0 Å². The smallest absolute Gasteiger partial charge is 0.312 e. The maximum Gasteiger partial charge on any atom is 0.312 e. The average Bonchev–Trinajstić information content (AvgIpc) is 2.08. The van der Waals surface area contributed by atoms with E-state index in [9.17, 15) is 18.9 Å². The van der Waals surface area contributed by atoms with Gasteiger partial charge >= 0.3 is 5.69 Å². The Morgan fingerprint density at radius 3 is 2.43 bits per heavy atom. The maximum atomic E-state index is 12.2. The van der Waals surface area contributed by atoms with Crippen LogP contribution in [0.5, 0.6) is 0 Å². The molecule has 1 heterocycles. The van der Waals surface area contributed by atoms with Crippen molar-refractivity contribution in [2.45, 2.75) is 6.43 Å². The van der Waals surface area contributed by atoms with E-state index in [-0.39, 0.29) is 0 Å². The molecule has 0 saturated heterocycles. The van der Waals surface area contributed by atoms with Gasteiger partial charge in [0.1, 0.15) is 17.6 Å². The van der Waals surface area contributed by atoms with Crippen LogP contribution in [0.15, 0.2) is 6.20 Å². The van der Waals surface area contributed by atoms with E-state index in [2.05, 4.69) is 4.98 Å². The molecule has 0 fully saturated rings. The fourth-order valence-corrected chi connectivity index (χ4v) is 0.865. The zero-order chi connectivity index (χ0) is 10.9. The summed E-state index contributed by atoms with van der Waals surface area (Å²) in [6.45, 7) is 0. The van der Waals surface area contributed by atoms with Gasteiger partial charge in [-0.05, 0) is 0 Å². The van der Waals surface area contributed by atoms with E-state index in [1.807, 2.05) is 0 Å². The van der Waals surface area contributed by atoms with Crippen LogP contribution in [-0.2, 0) is 0 Å². The number of alkyl halides is 2. The first-order valence-corrected chi connectivity index (χ1v) is 3.41. The van der Waals surface area contributed by atoms with Crippen molar-refractivity contribution >= 4 is 17.1 Å². The van der Waals surface area contributed by atoms with Gasteiger partial charge < -0.3 is 11.5 Å². The molecule has 1 aromatic rings. The van der Waals surface area contributed by atoms with Crippen LogP contribution >= 0.6 is 0 Å². The molecular formula is C6H6F2N4O2. The van der Waals surface area contributed by atoms with Crippen LogP contribution < -0.4 is 11.5 Å². The van der Waals surface area contributed by atoms with Crippen molar-refractivity contribution in [1.29, 1.82) is 0 Å². The zero-order valence-electron chi connectivity index (χ0n) is 6.78. The molecule has 0 aliphatic carbocycles. The summed E-state index contributed by atoms with van der Waals surface area (Å²) >= 11 is 0. The summed E-state index contributed by atoms with van der Waals surface area (Å²) < 4.78 is 24.3. The van der Waals surface area contributed by atoms with Gasteiger partial charge in [0.05, 0.1) is 10.6 Å². The number of nitro groups is 1. The fourth-order valence-electron chi connectivity index (χ4n) is 0.865. The van der Waals surface area contributed by atoms with Gasteiger partial charge in [-0.3, -0.25) is 10.1 Å². The molecule has 14 heavy (non-hydrogen) atoms. The molecule has 4 N–H and O–H groups in total. The molecule has 6 nitrogen and oxygen atoms in total. The molecule has 0 atom stereocenters.